The van der Waals surface area contributed by atoms with E-state index in [-0.39, 0.29) is 22.0 Å². The Labute approximate surface area is 181 Å². The number of nitrogens with one attached hydrogen (secondary N) is 3. The van der Waals surface area contributed by atoms with Gasteiger partial charge < -0.3 is 5.32 Å². The summed E-state index contributed by atoms with van der Waals surface area (Å²) in [6.07, 6.45) is 5.01. The number of thiocarbonyl (C=S) groups is 1. The van der Waals surface area contributed by atoms with E-state index in [2.05, 4.69) is 15.4 Å². The van der Waals surface area contributed by atoms with Gasteiger partial charge in [0.25, 0.3) is 5.91 Å². The van der Waals surface area contributed by atoms with Crippen LogP contribution < -0.4 is 15.4 Å². The van der Waals surface area contributed by atoms with Gasteiger partial charge in [-0.1, -0.05) is 30.9 Å². The molecule has 0 heterocycles. The fourth-order valence-corrected chi connectivity index (χ4v) is 4.81. The Bertz CT molecular complexity index is 971. The minimum Gasteiger partial charge on any atom is -0.332 e. The van der Waals surface area contributed by atoms with Gasteiger partial charge in [-0.25, -0.2) is 13.1 Å². The number of carbonyl (C=O) groups excluding carboxylic acids is 1. The van der Waals surface area contributed by atoms with Gasteiger partial charge >= 0.3 is 0 Å². The van der Waals surface area contributed by atoms with Crippen molar-refractivity contribution in [2.75, 3.05) is 5.32 Å². The molecule has 1 aliphatic rings. The van der Waals surface area contributed by atoms with Crippen LogP contribution in [-0.4, -0.2) is 25.5 Å². The Morgan fingerprint density at radius 1 is 0.966 bits per heavy atom. The normalized spacial score (nSPS) is 14.9. The van der Waals surface area contributed by atoms with E-state index in [0.29, 0.717) is 16.3 Å². The molecule has 0 bridgehead atoms. The van der Waals surface area contributed by atoms with Crippen molar-refractivity contribution in [1.82, 2.24) is 10.0 Å². The maximum Gasteiger partial charge on any atom is 0.257 e. The van der Waals surface area contributed by atoms with Crippen LogP contribution in [0.4, 0.5) is 5.69 Å². The molecule has 0 atom stereocenters. The third-order valence-electron chi connectivity index (χ3n) is 4.68. The SMILES string of the molecule is O=C(NC(=S)Nc1ccc(S(=O)(=O)NC2CCCCC2)cc1)c1ccc(Cl)cc1. The van der Waals surface area contributed by atoms with Crippen LogP contribution in [0.1, 0.15) is 42.5 Å². The zero-order chi connectivity index (χ0) is 20.9. The maximum atomic E-state index is 12.5. The summed E-state index contributed by atoms with van der Waals surface area (Å²) in [5.74, 6) is -0.366. The lowest BCUT2D eigenvalue weighted by Crippen LogP contribution is -2.36. The molecule has 1 amide bonds. The lowest BCUT2D eigenvalue weighted by atomic mass is 9.96. The van der Waals surface area contributed by atoms with E-state index in [0.717, 1.165) is 32.1 Å². The second kappa shape index (κ2) is 9.67. The fourth-order valence-electron chi connectivity index (χ4n) is 3.16. The summed E-state index contributed by atoms with van der Waals surface area (Å²) in [5.41, 5.74) is 0.997. The summed E-state index contributed by atoms with van der Waals surface area (Å²) in [4.78, 5) is 12.4. The van der Waals surface area contributed by atoms with E-state index < -0.39 is 10.0 Å². The van der Waals surface area contributed by atoms with Crippen LogP contribution in [0.2, 0.25) is 5.02 Å². The average Bonchev–Trinajstić information content (AvgIpc) is 2.69. The molecule has 154 valence electrons. The molecule has 6 nitrogen and oxygen atoms in total. The van der Waals surface area contributed by atoms with Crippen molar-refractivity contribution in [2.24, 2.45) is 0 Å². The molecule has 0 saturated heterocycles. The van der Waals surface area contributed by atoms with Gasteiger partial charge in [0.1, 0.15) is 0 Å². The third kappa shape index (κ3) is 6.24. The molecule has 0 unspecified atom stereocenters. The first kappa shape index (κ1) is 21.7. The van der Waals surface area contributed by atoms with Crippen molar-refractivity contribution in [1.29, 1.82) is 0 Å². The van der Waals surface area contributed by atoms with Crippen molar-refractivity contribution < 1.29 is 13.2 Å². The Morgan fingerprint density at radius 3 is 2.21 bits per heavy atom. The Hall–Kier alpha value is -2.00. The largest absolute Gasteiger partial charge is 0.332 e. The van der Waals surface area contributed by atoms with Crippen molar-refractivity contribution in [3.8, 4) is 0 Å². The number of hydrogen-bond donors (Lipinski definition) is 3. The van der Waals surface area contributed by atoms with Crippen LogP contribution in [0.3, 0.4) is 0 Å². The highest BCUT2D eigenvalue weighted by molar-refractivity contribution is 7.89. The van der Waals surface area contributed by atoms with Crippen LogP contribution >= 0.6 is 23.8 Å². The van der Waals surface area contributed by atoms with Gasteiger partial charge in [-0.3, -0.25) is 10.1 Å². The molecule has 0 aromatic heterocycles. The smallest absolute Gasteiger partial charge is 0.257 e. The molecule has 1 saturated carbocycles. The number of benzene rings is 2. The van der Waals surface area contributed by atoms with Gasteiger partial charge in [-0.05, 0) is 73.6 Å². The van der Waals surface area contributed by atoms with Gasteiger partial charge in [0.2, 0.25) is 10.0 Å². The monoisotopic (exact) mass is 451 g/mol. The summed E-state index contributed by atoms with van der Waals surface area (Å²) in [6, 6.07) is 12.7. The summed E-state index contributed by atoms with van der Waals surface area (Å²) in [5, 5.41) is 6.09. The molecule has 29 heavy (non-hydrogen) atoms. The van der Waals surface area contributed by atoms with Crippen molar-refractivity contribution in [3.63, 3.8) is 0 Å². The number of rotatable bonds is 5. The molecule has 2 aromatic carbocycles. The van der Waals surface area contributed by atoms with Crippen LogP contribution in [0.15, 0.2) is 53.4 Å². The van der Waals surface area contributed by atoms with Crippen LogP contribution in [0, 0.1) is 0 Å². The molecule has 1 aliphatic carbocycles. The second-order valence-electron chi connectivity index (χ2n) is 6.90. The van der Waals surface area contributed by atoms with Crippen molar-refractivity contribution in [3.05, 3.63) is 59.1 Å². The van der Waals surface area contributed by atoms with Gasteiger partial charge in [0.15, 0.2) is 5.11 Å². The van der Waals surface area contributed by atoms with E-state index in [1.807, 2.05) is 0 Å². The Kier molecular flexibility index (Phi) is 7.23. The number of anilines is 1. The van der Waals surface area contributed by atoms with E-state index in [1.54, 1.807) is 36.4 Å². The molecule has 0 aliphatic heterocycles. The quantitative estimate of drug-likeness (QED) is 0.596. The number of carbonyl (C=O) groups is 1. The number of halogens is 1. The van der Waals surface area contributed by atoms with E-state index in [1.165, 1.54) is 12.1 Å². The van der Waals surface area contributed by atoms with Crippen LogP contribution in [0.5, 0.6) is 0 Å². The molecule has 1 fully saturated rings. The maximum absolute atomic E-state index is 12.5. The lowest BCUT2D eigenvalue weighted by molar-refractivity contribution is 0.0977. The number of amides is 1. The number of sulfonamides is 1. The molecule has 0 spiro atoms. The molecule has 9 heteroatoms. The van der Waals surface area contributed by atoms with E-state index in [9.17, 15) is 13.2 Å². The minimum atomic E-state index is -3.55. The van der Waals surface area contributed by atoms with Crippen LogP contribution in [-0.2, 0) is 10.0 Å². The highest BCUT2D eigenvalue weighted by Crippen LogP contribution is 2.21. The standard InChI is InChI=1S/C20H22ClN3O3S2/c21-15-8-6-14(7-9-15)19(25)23-20(28)22-16-10-12-18(13-11-16)29(26,27)24-17-4-2-1-3-5-17/h6-13,17,24H,1-5H2,(H2,22,23,25,28). The van der Waals surface area contributed by atoms with E-state index in [4.69, 9.17) is 23.8 Å². The molecule has 0 radical (unpaired) electrons. The first-order valence-electron chi connectivity index (χ1n) is 9.34. The predicted octanol–water partition coefficient (Wildman–Crippen LogP) is 4.08. The third-order valence-corrected chi connectivity index (χ3v) is 6.68. The summed E-state index contributed by atoms with van der Waals surface area (Å²) >= 11 is 11.0. The zero-order valence-electron chi connectivity index (χ0n) is 15.7. The molecule has 2 aromatic rings. The highest BCUT2D eigenvalue weighted by atomic mass is 35.5. The summed E-state index contributed by atoms with van der Waals surface area (Å²) in [7, 11) is -3.55. The van der Waals surface area contributed by atoms with Crippen molar-refractivity contribution in [2.45, 2.75) is 43.0 Å². The molecule has 3 rings (SSSR count). The highest BCUT2D eigenvalue weighted by Gasteiger charge is 2.21. The average molecular weight is 452 g/mol. The first-order valence-corrected chi connectivity index (χ1v) is 11.6. The zero-order valence-corrected chi connectivity index (χ0v) is 18.0. The van der Waals surface area contributed by atoms with Gasteiger partial charge in [0.05, 0.1) is 4.90 Å². The fraction of sp³-hybridized carbons (Fsp3) is 0.300. The van der Waals surface area contributed by atoms with Crippen molar-refractivity contribution >= 4 is 50.5 Å². The first-order chi connectivity index (χ1) is 13.8. The predicted molar refractivity (Wildman–Crippen MR) is 119 cm³/mol. The number of hydrogen-bond acceptors (Lipinski definition) is 4. The van der Waals surface area contributed by atoms with Gasteiger partial charge in [-0.2, -0.15) is 0 Å². The van der Waals surface area contributed by atoms with Crippen LogP contribution in [0.25, 0.3) is 0 Å². The van der Waals surface area contributed by atoms with Gasteiger partial charge in [-0.15, -0.1) is 0 Å². The van der Waals surface area contributed by atoms with Gasteiger partial charge in [0, 0.05) is 22.3 Å². The summed E-state index contributed by atoms with van der Waals surface area (Å²) in [6.45, 7) is 0. The Morgan fingerprint density at radius 2 is 1.59 bits per heavy atom. The minimum absolute atomic E-state index is 0.00205. The molecular formula is C20H22ClN3O3S2. The van der Waals surface area contributed by atoms with E-state index >= 15 is 0 Å². The Balaban J connectivity index is 1.57. The lowest BCUT2D eigenvalue weighted by Gasteiger charge is -2.22. The topological polar surface area (TPSA) is 87.3 Å². The second-order valence-corrected chi connectivity index (χ2v) is 9.45. The summed E-state index contributed by atoms with van der Waals surface area (Å²) < 4.78 is 27.9. The molecule has 3 N–H and O–H groups in total. The molecular weight excluding hydrogens is 430 g/mol.